The first kappa shape index (κ1) is 19.5. The summed E-state index contributed by atoms with van der Waals surface area (Å²) in [6.07, 6.45) is 3.30. The van der Waals surface area contributed by atoms with Gasteiger partial charge in [-0.2, -0.15) is 0 Å². The third-order valence-corrected chi connectivity index (χ3v) is 3.95. The molecule has 1 atom stereocenters. The molecule has 1 unspecified atom stereocenters. The molecule has 6 heteroatoms. The number of halogens is 1. The van der Waals surface area contributed by atoms with E-state index < -0.39 is 5.54 Å². The van der Waals surface area contributed by atoms with Crippen molar-refractivity contribution in [2.75, 3.05) is 13.6 Å². The molecule has 0 saturated heterocycles. The number of H-pyrrole nitrogens is 1. The molecule has 0 fully saturated rings. The van der Waals surface area contributed by atoms with Gasteiger partial charge in [0.2, 0.25) is 5.91 Å². The summed E-state index contributed by atoms with van der Waals surface area (Å²) in [5.41, 5.74) is 7.38. The minimum absolute atomic E-state index is 0. The van der Waals surface area contributed by atoms with Crippen LogP contribution in [0.2, 0.25) is 0 Å². The average Bonchev–Trinajstić information content (AvgIpc) is 2.88. The summed E-state index contributed by atoms with van der Waals surface area (Å²) in [7, 11) is 1.82. The number of hydrogen-bond donors (Lipinski definition) is 2. The van der Waals surface area contributed by atoms with Gasteiger partial charge in [0.15, 0.2) is 0 Å². The fraction of sp³-hybridized carbons (Fsp3) is 0.529. The Morgan fingerprint density at radius 3 is 2.74 bits per heavy atom. The second kappa shape index (κ2) is 8.31. The summed E-state index contributed by atoms with van der Waals surface area (Å²) >= 11 is 0. The van der Waals surface area contributed by atoms with E-state index in [-0.39, 0.29) is 18.3 Å². The lowest BCUT2D eigenvalue weighted by atomic mass is 9.96. The van der Waals surface area contributed by atoms with Crippen molar-refractivity contribution in [1.82, 2.24) is 14.9 Å². The molecule has 2 rings (SSSR count). The molecule has 0 saturated carbocycles. The van der Waals surface area contributed by atoms with Crippen molar-refractivity contribution in [3.63, 3.8) is 0 Å². The van der Waals surface area contributed by atoms with E-state index in [9.17, 15) is 4.79 Å². The molecule has 0 bridgehead atoms. The van der Waals surface area contributed by atoms with Crippen LogP contribution >= 0.6 is 12.4 Å². The number of carbonyl (C=O) groups excluding carboxylic acids is 1. The molecule has 1 aromatic carbocycles. The Bertz CT molecular complexity index is 605. The normalized spacial score (nSPS) is 13.4. The van der Waals surface area contributed by atoms with Crippen LogP contribution in [-0.4, -0.2) is 39.9 Å². The van der Waals surface area contributed by atoms with Gasteiger partial charge in [0.25, 0.3) is 0 Å². The van der Waals surface area contributed by atoms with Crippen LogP contribution in [0.1, 0.15) is 38.9 Å². The molecule has 128 valence electrons. The van der Waals surface area contributed by atoms with Crippen LogP contribution in [-0.2, 0) is 11.2 Å². The first-order valence-electron chi connectivity index (χ1n) is 7.92. The predicted molar refractivity (Wildman–Crippen MR) is 96.8 cm³/mol. The fourth-order valence-corrected chi connectivity index (χ4v) is 2.77. The van der Waals surface area contributed by atoms with Gasteiger partial charge < -0.3 is 15.6 Å². The highest BCUT2D eigenvalue weighted by Gasteiger charge is 2.29. The number of aromatic nitrogens is 2. The summed E-state index contributed by atoms with van der Waals surface area (Å²) in [4.78, 5) is 21.9. The van der Waals surface area contributed by atoms with Crippen molar-refractivity contribution < 1.29 is 4.79 Å². The first-order chi connectivity index (χ1) is 10.4. The van der Waals surface area contributed by atoms with Crippen LogP contribution in [0.15, 0.2) is 24.3 Å². The quantitative estimate of drug-likeness (QED) is 0.815. The van der Waals surface area contributed by atoms with Gasteiger partial charge in [0, 0.05) is 20.0 Å². The molecule has 3 N–H and O–H groups in total. The number of nitrogens with one attached hydrogen (secondary N) is 1. The van der Waals surface area contributed by atoms with Crippen molar-refractivity contribution in [1.29, 1.82) is 0 Å². The number of aromatic amines is 1. The minimum Gasteiger partial charge on any atom is -0.344 e. The van der Waals surface area contributed by atoms with E-state index in [0.717, 1.165) is 36.1 Å². The fourth-order valence-electron chi connectivity index (χ4n) is 2.77. The SMILES string of the molecule is CCCC(C)(N)C(=O)N(C)CCCc1nc2ccccc2[nH]1.Cl. The molecule has 5 nitrogen and oxygen atoms in total. The Kier molecular flexibility index (Phi) is 7.03. The highest BCUT2D eigenvalue weighted by atomic mass is 35.5. The number of aryl methyl sites for hydroxylation is 1. The summed E-state index contributed by atoms with van der Waals surface area (Å²) in [5, 5.41) is 0. The van der Waals surface area contributed by atoms with Crippen LogP contribution in [0.25, 0.3) is 11.0 Å². The van der Waals surface area contributed by atoms with E-state index >= 15 is 0 Å². The molecule has 23 heavy (non-hydrogen) atoms. The molecule has 0 aliphatic rings. The maximum atomic E-state index is 12.3. The lowest BCUT2D eigenvalue weighted by Gasteiger charge is -2.29. The number of fused-ring (bicyclic) bond motifs is 1. The smallest absolute Gasteiger partial charge is 0.242 e. The summed E-state index contributed by atoms with van der Waals surface area (Å²) in [6, 6.07) is 7.99. The van der Waals surface area contributed by atoms with Crippen LogP contribution in [0.4, 0.5) is 0 Å². The van der Waals surface area contributed by atoms with Crippen molar-refractivity contribution in [2.45, 2.75) is 45.1 Å². The first-order valence-corrected chi connectivity index (χ1v) is 7.92. The van der Waals surface area contributed by atoms with E-state index in [1.165, 1.54) is 0 Å². The number of hydrogen-bond acceptors (Lipinski definition) is 3. The Morgan fingerprint density at radius 2 is 2.09 bits per heavy atom. The molecule has 1 heterocycles. The molecular formula is C17H27ClN4O. The van der Waals surface area contributed by atoms with Gasteiger partial charge in [-0.1, -0.05) is 25.5 Å². The van der Waals surface area contributed by atoms with E-state index in [2.05, 4.69) is 9.97 Å². The minimum atomic E-state index is -0.761. The summed E-state index contributed by atoms with van der Waals surface area (Å²) in [6.45, 7) is 4.54. The summed E-state index contributed by atoms with van der Waals surface area (Å²) < 4.78 is 0. The molecule has 1 aromatic heterocycles. The van der Waals surface area contributed by atoms with E-state index in [4.69, 9.17) is 5.73 Å². The van der Waals surface area contributed by atoms with E-state index in [1.54, 1.807) is 4.90 Å². The number of imidazole rings is 1. The number of amides is 1. The van der Waals surface area contributed by atoms with Gasteiger partial charge in [-0.05, 0) is 31.9 Å². The van der Waals surface area contributed by atoms with Gasteiger partial charge in [0.1, 0.15) is 5.82 Å². The molecule has 0 aliphatic carbocycles. The Labute approximate surface area is 144 Å². The van der Waals surface area contributed by atoms with Crippen molar-refractivity contribution in [3.8, 4) is 0 Å². The maximum absolute atomic E-state index is 12.3. The van der Waals surface area contributed by atoms with Crippen LogP contribution in [0.3, 0.4) is 0 Å². The lowest BCUT2D eigenvalue weighted by molar-refractivity contribution is -0.135. The highest BCUT2D eigenvalue weighted by Crippen LogP contribution is 2.14. The molecule has 2 aromatic rings. The second-order valence-corrected chi connectivity index (χ2v) is 6.20. The van der Waals surface area contributed by atoms with Gasteiger partial charge in [-0.25, -0.2) is 4.98 Å². The molecular weight excluding hydrogens is 312 g/mol. The predicted octanol–water partition coefficient (Wildman–Crippen LogP) is 2.89. The van der Waals surface area contributed by atoms with Gasteiger partial charge in [-0.15, -0.1) is 12.4 Å². The van der Waals surface area contributed by atoms with Gasteiger partial charge in [-0.3, -0.25) is 4.79 Å². The topological polar surface area (TPSA) is 75.0 Å². The lowest BCUT2D eigenvalue weighted by Crippen LogP contribution is -2.52. The van der Waals surface area contributed by atoms with Crippen LogP contribution < -0.4 is 5.73 Å². The zero-order valence-electron chi connectivity index (χ0n) is 14.1. The Hall–Kier alpha value is -1.59. The third kappa shape index (κ3) is 4.94. The zero-order chi connectivity index (χ0) is 16.2. The number of nitrogens with zero attached hydrogens (tertiary/aromatic N) is 2. The number of likely N-dealkylation sites (N-methyl/N-ethyl adjacent to an activating group) is 1. The average molecular weight is 339 g/mol. The van der Waals surface area contributed by atoms with Gasteiger partial charge in [0.05, 0.1) is 16.6 Å². The van der Waals surface area contributed by atoms with E-state index in [0.29, 0.717) is 13.0 Å². The standard InChI is InChI=1S/C17H26N4O.ClH/c1-4-11-17(2,18)16(22)21(3)12-7-10-15-19-13-8-5-6-9-14(13)20-15;/h5-6,8-9H,4,7,10-12,18H2,1-3H3,(H,19,20);1H. The third-order valence-electron chi connectivity index (χ3n) is 3.95. The van der Waals surface area contributed by atoms with Crippen LogP contribution in [0.5, 0.6) is 0 Å². The summed E-state index contributed by atoms with van der Waals surface area (Å²) in [5.74, 6) is 0.977. The Balaban J connectivity index is 0.00000264. The number of para-hydroxylation sites is 2. The number of nitrogens with two attached hydrogens (primary N) is 1. The number of benzene rings is 1. The van der Waals surface area contributed by atoms with Crippen molar-refractivity contribution in [3.05, 3.63) is 30.1 Å². The molecule has 1 amide bonds. The number of rotatable bonds is 7. The second-order valence-electron chi connectivity index (χ2n) is 6.20. The van der Waals surface area contributed by atoms with Crippen molar-refractivity contribution in [2.24, 2.45) is 5.73 Å². The zero-order valence-corrected chi connectivity index (χ0v) is 14.9. The molecule has 0 radical (unpaired) electrons. The number of carbonyl (C=O) groups is 1. The monoisotopic (exact) mass is 338 g/mol. The molecule has 0 aliphatic heterocycles. The maximum Gasteiger partial charge on any atom is 0.242 e. The van der Waals surface area contributed by atoms with Crippen molar-refractivity contribution >= 4 is 29.3 Å². The largest absolute Gasteiger partial charge is 0.344 e. The highest BCUT2D eigenvalue weighted by molar-refractivity contribution is 5.85. The van der Waals surface area contributed by atoms with E-state index in [1.807, 2.05) is 45.2 Å². The van der Waals surface area contributed by atoms with Crippen LogP contribution in [0, 0.1) is 0 Å². The molecule has 0 spiro atoms. The van der Waals surface area contributed by atoms with Gasteiger partial charge >= 0.3 is 0 Å². The Morgan fingerprint density at radius 1 is 1.39 bits per heavy atom.